The van der Waals surface area contributed by atoms with Crippen LogP contribution in [0.2, 0.25) is 0 Å². The van der Waals surface area contributed by atoms with E-state index in [1.54, 1.807) is 18.0 Å². The van der Waals surface area contributed by atoms with Crippen LogP contribution >= 0.6 is 23.1 Å². The number of thioether (sulfide) groups is 1. The Morgan fingerprint density at radius 3 is 2.83 bits per heavy atom. The molecule has 0 unspecified atom stereocenters. The molecule has 0 aliphatic carbocycles. The molecular formula is C12H13N3OS2. The first-order valence-electron chi connectivity index (χ1n) is 5.36. The number of nitrogens with one attached hydrogen (secondary N) is 2. The Hall–Kier alpha value is -1.53. The van der Waals surface area contributed by atoms with Gasteiger partial charge in [0.05, 0.1) is 10.4 Å². The number of aromatic nitrogens is 1. The zero-order valence-electron chi connectivity index (χ0n) is 9.84. The van der Waals surface area contributed by atoms with Crippen molar-refractivity contribution in [3.63, 3.8) is 0 Å². The van der Waals surface area contributed by atoms with Gasteiger partial charge in [-0.15, -0.1) is 11.8 Å². The number of carbonyl (C=O) groups excluding carboxylic acids is 1. The summed E-state index contributed by atoms with van der Waals surface area (Å²) in [5.74, 6) is 0. The fourth-order valence-electron chi connectivity index (χ4n) is 1.33. The van der Waals surface area contributed by atoms with Gasteiger partial charge in [0.2, 0.25) is 0 Å². The molecule has 1 aromatic heterocycles. The molecule has 2 N–H and O–H groups in total. The number of hydrogen-bond donors (Lipinski definition) is 2. The third kappa shape index (κ3) is 3.75. The van der Waals surface area contributed by atoms with Gasteiger partial charge in [0.25, 0.3) is 0 Å². The Morgan fingerprint density at radius 1 is 1.39 bits per heavy atom. The van der Waals surface area contributed by atoms with E-state index in [1.807, 2.05) is 36.6 Å². The zero-order valence-corrected chi connectivity index (χ0v) is 11.5. The summed E-state index contributed by atoms with van der Waals surface area (Å²) >= 11 is 3.07. The van der Waals surface area contributed by atoms with Gasteiger partial charge in [0.15, 0.2) is 5.13 Å². The van der Waals surface area contributed by atoms with E-state index in [2.05, 4.69) is 15.6 Å². The molecule has 0 saturated carbocycles. The van der Waals surface area contributed by atoms with Crippen LogP contribution in [0.15, 0.2) is 40.7 Å². The standard InChI is InChI=1S/C12H13N3OS2/c1-17-10-8-14-12(18-10)15-11(16)13-7-9-5-3-2-4-6-9/h2-6,8H,7H2,1H3,(H2,13,14,15,16). The fraction of sp³-hybridized carbons (Fsp3) is 0.167. The second-order valence-corrected chi connectivity index (χ2v) is 5.62. The third-order valence-corrected chi connectivity index (χ3v) is 4.17. The Morgan fingerprint density at radius 2 is 2.17 bits per heavy atom. The molecule has 1 aromatic carbocycles. The molecule has 1 heterocycles. The normalized spacial score (nSPS) is 10.1. The van der Waals surface area contributed by atoms with Gasteiger partial charge in [0.1, 0.15) is 0 Å². The minimum Gasteiger partial charge on any atom is -0.334 e. The molecule has 0 radical (unpaired) electrons. The van der Waals surface area contributed by atoms with Crippen LogP contribution in [-0.2, 0) is 6.54 Å². The summed E-state index contributed by atoms with van der Waals surface area (Å²) in [6.07, 6.45) is 3.73. The topological polar surface area (TPSA) is 54.0 Å². The highest BCUT2D eigenvalue weighted by molar-refractivity contribution is 8.00. The summed E-state index contributed by atoms with van der Waals surface area (Å²) in [6.45, 7) is 0.507. The van der Waals surface area contributed by atoms with E-state index in [4.69, 9.17) is 0 Å². The lowest BCUT2D eigenvalue weighted by molar-refractivity contribution is 0.251. The number of urea groups is 1. The van der Waals surface area contributed by atoms with E-state index in [9.17, 15) is 4.79 Å². The van der Waals surface area contributed by atoms with Crippen LogP contribution in [0.5, 0.6) is 0 Å². The van der Waals surface area contributed by atoms with E-state index in [0.29, 0.717) is 11.7 Å². The zero-order chi connectivity index (χ0) is 12.8. The van der Waals surface area contributed by atoms with Gasteiger partial charge in [-0.05, 0) is 11.8 Å². The predicted molar refractivity (Wildman–Crippen MR) is 76.2 cm³/mol. The maximum atomic E-state index is 11.6. The average molecular weight is 279 g/mol. The van der Waals surface area contributed by atoms with Crippen molar-refractivity contribution in [1.29, 1.82) is 0 Å². The summed E-state index contributed by atoms with van der Waals surface area (Å²) in [5.41, 5.74) is 1.07. The van der Waals surface area contributed by atoms with Gasteiger partial charge in [0, 0.05) is 6.54 Å². The summed E-state index contributed by atoms with van der Waals surface area (Å²) < 4.78 is 1.08. The minimum atomic E-state index is -0.235. The van der Waals surface area contributed by atoms with Gasteiger partial charge >= 0.3 is 6.03 Å². The first-order chi connectivity index (χ1) is 8.78. The summed E-state index contributed by atoms with van der Waals surface area (Å²) in [5, 5.41) is 6.11. The highest BCUT2D eigenvalue weighted by atomic mass is 32.2. The predicted octanol–water partition coefficient (Wildman–Crippen LogP) is 3.19. The molecule has 0 fully saturated rings. The average Bonchev–Trinajstić information content (AvgIpc) is 2.85. The molecule has 6 heteroatoms. The molecule has 0 aliphatic heterocycles. The van der Waals surface area contributed by atoms with Gasteiger partial charge in [-0.2, -0.15) is 0 Å². The van der Waals surface area contributed by atoms with Crippen molar-refractivity contribution < 1.29 is 4.79 Å². The van der Waals surface area contributed by atoms with Gasteiger partial charge in [-0.1, -0.05) is 41.7 Å². The van der Waals surface area contributed by atoms with E-state index < -0.39 is 0 Å². The van der Waals surface area contributed by atoms with E-state index in [-0.39, 0.29) is 6.03 Å². The van der Waals surface area contributed by atoms with Crippen LogP contribution in [0.3, 0.4) is 0 Å². The smallest absolute Gasteiger partial charge is 0.321 e. The lowest BCUT2D eigenvalue weighted by Gasteiger charge is -2.05. The molecule has 2 rings (SSSR count). The maximum Gasteiger partial charge on any atom is 0.321 e. The van der Waals surface area contributed by atoms with Gasteiger partial charge in [-0.3, -0.25) is 5.32 Å². The van der Waals surface area contributed by atoms with Crippen molar-refractivity contribution in [3.05, 3.63) is 42.1 Å². The quantitative estimate of drug-likeness (QED) is 0.845. The highest BCUT2D eigenvalue weighted by Crippen LogP contribution is 2.25. The van der Waals surface area contributed by atoms with Crippen molar-refractivity contribution in [2.75, 3.05) is 11.6 Å². The van der Waals surface area contributed by atoms with Crippen molar-refractivity contribution in [1.82, 2.24) is 10.3 Å². The van der Waals surface area contributed by atoms with Gasteiger partial charge < -0.3 is 5.32 Å². The third-order valence-electron chi connectivity index (χ3n) is 2.20. The number of nitrogens with zero attached hydrogens (tertiary/aromatic N) is 1. The largest absolute Gasteiger partial charge is 0.334 e. The Kier molecular flexibility index (Phi) is 4.60. The van der Waals surface area contributed by atoms with Crippen LogP contribution in [0.25, 0.3) is 0 Å². The molecule has 0 aliphatic rings. The fourth-order valence-corrected chi connectivity index (χ4v) is 2.60. The van der Waals surface area contributed by atoms with Crippen LogP contribution in [0, 0.1) is 0 Å². The lowest BCUT2D eigenvalue weighted by atomic mass is 10.2. The number of thiazole rings is 1. The molecule has 4 nitrogen and oxygen atoms in total. The number of hydrogen-bond acceptors (Lipinski definition) is 4. The van der Waals surface area contributed by atoms with Crippen LogP contribution in [0.1, 0.15) is 5.56 Å². The molecule has 18 heavy (non-hydrogen) atoms. The number of rotatable bonds is 4. The van der Waals surface area contributed by atoms with E-state index >= 15 is 0 Å². The van der Waals surface area contributed by atoms with Crippen LogP contribution in [0.4, 0.5) is 9.93 Å². The monoisotopic (exact) mass is 279 g/mol. The molecule has 0 saturated heterocycles. The Balaban J connectivity index is 1.82. The Bertz CT molecular complexity index is 513. The molecule has 0 atom stereocenters. The van der Waals surface area contributed by atoms with Crippen LogP contribution in [-0.4, -0.2) is 17.3 Å². The second kappa shape index (κ2) is 6.42. The molecule has 94 valence electrons. The van der Waals surface area contributed by atoms with Crippen molar-refractivity contribution in [2.24, 2.45) is 0 Å². The number of anilines is 1. The highest BCUT2D eigenvalue weighted by Gasteiger charge is 2.05. The van der Waals surface area contributed by atoms with Crippen molar-refractivity contribution in [2.45, 2.75) is 10.8 Å². The maximum absolute atomic E-state index is 11.6. The Labute approximate surface area is 114 Å². The second-order valence-electron chi connectivity index (χ2n) is 3.48. The van der Waals surface area contributed by atoms with Crippen molar-refractivity contribution in [3.8, 4) is 0 Å². The van der Waals surface area contributed by atoms with Crippen LogP contribution < -0.4 is 10.6 Å². The SMILES string of the molecule is CSc1cnc(NC(=O)NCc2ccccc2)s1. The molecule has 0 spiro atoms. The van der Waals surface area contributed by atoms with E-state index in [1.165, 1.54) is 11.3 Å². The number of benzene rings is 1. The molecular weight excluding hydrogens is 266 g/mol. The summed E-state index contributed by atoms with van der Waals surface area (Å²) in [7, 11) is 0. The number of amides is 2. The van der Waals surface area contributed by atoms with E-state index in [0.717, 1.165) is 9.77 Å². The first-order valence-corrected chi connectivity index (χ1v) is 7.40. The first kappa shape index (κ1) is 12.9. The number of carbonyl (C=O) groups is 1. The molecule has 2 amide bonds. The van der Waals surface area contributed by atoms with Crippen molar-refractivity contribution >= 4 is 34.3 Å². The molecule has 0 bridgehead atoms. The lowest BCUT2D eigenvalue weighted by Crippen LogP contribution is -2.28. The summed E-state index contributed by atoms with van der Waals surface area (Å²) in [4.78, 5) is 15.7. The minimum absolute atomic E-state index is 0.235. The summed E-state index contributed by atoms with van der Waals surface area (Å²) in [6, 6.07) is 9.54. The molecule has 2 aromatic rings. The van der Waals surface area contributed by atoms with Gasteiger partial charge in [-0.25, -0.2) is 9.78 Å².